The van der Waals surface area contributed by atoms with Gasteiger partial charge in [0.05, 0.1) is 5.52 Å². The molecule has 0 atom stereocenters. The molecule has 1 aliphatic heterocycles. The van der Waals surface area contributed by atoms with Crippen LogP contribution in [-0.2, 0) is 6.42 Å². The number of fused-ring (bicyclic) bond motifs is 2. The quantitative estimate of drug-likeness (QED) is 0.469. The minimum absolute atomic E-state index is 0.458. The molecule has 2 N–H and O–H groups in total. The first-order chi connectivity index (χ1) is 15.7. The number of hydrogen-bond donors (Lipinski definition) is 2. The number of pyridine rings is 1. The number of nitrogens with zero attached hydrogens (tertiary/aromatic N) is 4. The molecular weight excluding hydrogens is 396 g/mol. The van der Waals surface area contributed by atoms with E-state index in [4.69, 9.17) is 4.98 Å². The van der Waals surface area contributed by atoms with Crippen LogP contribution in [0.5, 0.6) is 0 Å². The predicted octanol–water partition coefficient (Wildman–Crippen LogP) is 5.02. The molecule has 0 radical (unpaired) electrons. The van der Waals surface area contributed by atoms with Gasteiger partial charge in [0.2, 0.25) is 0 Å². The van der Waals surface area contributed by atoms with Crippen molar-refractivity contribution in [2.75, 3.05) is 25.5 Å². The summed E-state index contributed by atoms with van der Waals surface area (Å²) >= 11 is 0. The van der Waals surface area contributed by atoms with Crippen LogP contribution >= 0.6 is 0 Å². The second-order valence-electron chi connectivity index (χ2n) is 9.58. The zero-order valence-electron chi connectivity index (χ0n) is 18.6. The number of rotatable bonds is 5. The molecule has 32 heavy (non-hydrogen) atoms. The minimum Gasteiger partial charge on any atom is -0.367 e. The van der Waals surface area contributed by atoms with Gasteiger partial charge in [-0.2, -0.15) is 0 Å². The Labute approximate surface area is 188 Å². The fourth-order valence-corrected chi connectivity index (χ4v) is 5.08. The minimum atomic E-state index is 0.458. The van der Waals surface area contributed by atoms with Crippen LogP contribution in [0.1, 0.15) is 37.8 Å². The SMILES string of the molecule is CN1CCC(Nc2ncnc3ccc(-c4c[nH]c5nc(CC6CCC6)ccc45)cc23)CC1. The van der Waals surface area contributed by atoms with Crippen molar-refractivity contribution in [3.63, 3.8) is 0 Å². The standard InChI is InChI=1S/C26H30N6/c1-32-11-9-19(10-12-32)30-26-22-14-18(5-8-24(22)28-16-29-26)23-15-27-25-21(23)7-6-20(31-25)13-17-3-2-4-17/h5-8,14-17,19H,2-4,9-13H2,1H3,(H,27,31)(H,28,29,30). The lowest BCUT2D eigenvalue weighted by Gasteiger charge is -2.30. The monoisotopic (exact) mass is 426 g/mol. The summed E-state index contributed by atoms with van der Waals surface area (Å²) in [6.45, 7) is 2.24. The van der Waals surface area contributed by atoms with Crippen molar-refractivity contribution in [3.8, 4) is 11.1 Å². The lowest BCUT2D eigenvalue weighted by atomic mass is 9.82. The Morgan fingerprint density at radius 2 is 1.91 bits per heavy atom. The van der Waals surface area contributed by atoms with E-state index in [1.54, 1.807) is 6.33 Å². The topological polar surface area (TPSA) is 69.7 Å². The first-order valence-corrected chi connectivity index (χ1v) is 11.9. The Bertz CT molecular complexity index is 1250. The van der Waals surface area contributed by atoms with E-state index < -0.39 is 0 Å². The summed E-state index contributed by atoms with van der Waals surface area (Å²) in [4.78, 5) is 19.8. The van der Waals surface area contributed by atoms with Crippen LogP contribution in [0, 0.1) is 5.92 Å². The second kappa shape index (κ2) is 8.17. The number of likely N-dealkylation sites (tertiary alicyclic amines) is 1. The summed E-state index contributed by atoms with van der Waals surface area (Å²) in [6.07, 6.45) is 11.2. The van der Waals surface area contributed by atoms with E-state index in [1.807, 2.05) is 0 Å². The maximum atomic E-state index is 4.91. The van der Waals surface area contributed by atoms with E-state index in [2.05, 4.69) is 68.7 Å². The van der Waals surface area contributed by atoms with Crippen molar-refractivity contribution < 1.29 is 0 Å². The molecule has 1 saturated heterocycles. The third-order valence-corrected chi connectivity index (χ3v) is 7.32. The molecule has 6 rings (SSSR count). The summed E-state index contributed by atoms with van der Waals surface area (Å²) < 4.78 is 0. The number of H-pyrrole nitrogens is 1. The molecule has 0 unspecified atom stereocenters. The number of aromatic nitrogens is 4. The van der Waals surface area contributed by atoms with Crippen molar-refractivity contribution in [3.05, 3.63) is 48.5 Å². The highest BCUT2D eigenvalue weighted by Gasteiger charge is 2.20. The number of piperidine rings is 1. The van der Waals surface area contributed by atoms with E-state index in [-0.39, 0.29) is 0 Å². The van der Waals surface area contributed by atoms with Gasteiger partial charge in [0, 0.05) is 34.3 Å². The number of hydrogen-bond acceptors (Lipinski definition) is 5. The molecule has 1 aromatic carbocycles. The smallest absolute Gasteiger partial charge is 0.138 e. The molecule has 0 spiro atoms. The summed E-state index contributed by atoms with van der Waals surface area (Å²) in [5.41, 5.74) is 5.50. The van der Waals surface area contributed by atoms with Crippen LogP contribution in [0.15, 0.2) is 42.9 Å². The van der Waals surface area contributed by atoms with Crippen molar-refractivity contribution in [1.82, 2.24) is 24.8 Å². The Morgan fingerprint density at radius 3 is 2.72 bits per heavy atom. The molecule has 4 aromatic rings. The first kappa shape index (κ1) is 19.7. The average Bonchev–Trinajstić information content (AvgIpc) is 3.21. The fraction of sp³-hybridized carbons (Fsp3) is 0.423. The summed E-state index contributed by atoms with van der Waals surface area (Å²) in [6, 6.07) is 11.4. The van der Waals surface area contributed by atoms with Crippen LogP contribution in [0.25, 0.3) is 33.1 Å². The fourth-order valence-electron chi connectivity index (χ4n) is 5.08. The van der Waals surface area contributed by atoms with Crippen LogP contribution in [0.2, 0.25) is 0 Å². The van der Waals surface area contributed by atoms with E-state index in [0.717, 1.165) is 60.6 Å². The molecule has 3 aromatic heterocycles. The number of anilines is 1. The molecule has 164 valence electrons. The maximum absolute atomic E-state index is 4.91. The molecule has 1 aliphatic carbocycles. The van der Waals surface area contributed by atoms with E-state index in [9.17, 15) is 0 Å². The molecule has 4 heterocycles. The summed E-state index contributed by atoms with van der Waals surface area (Å²) in [7, 11) is 2.19. The highest BCUT2D eigenvalue weighted by molar-refractivity contribution is 5.98. The predicted molar refractivity (Wildman–Crippen MR) is 130 cm³/mol. The Morgan fingerprint density at radius 1 is 1.03 bits per heavy atom. The third-order valence-electron chi connectivity index (χ3n) is 7.32. The number of aromatic amines is 1. The number of nitrogens with one attached hydrogen (secondary N) is 2. The maximum Gasteiger partial charge on any atom is 0.138 e. The average molecular weight is 427 g/mol. The third kappa shape index (κ3) is 3.73. The van der Waals surface area contributed by atoms with Gasteiger partial charge >= 0.3 is 0 Å². The molecule has 0 amide bonds. The van der Waals surface area contributed by atoms with Crippen molar-refractivity contribution in [2.45, 2.75) is 44.6 Å². The zero-order chi connectivity index (χ0) is 21.5. The zero-order valence-corrected chi connectivity index (χ0v) is 18.6. The second-order valence-corrected chi connectivity index (χ2v) is 9.58. The molecule has 6 nitrogen and oxygen atoms in total. The van der Waals surface area contributed by atoms with Gasteiger partial charge in [-0.25, -0.2) is 15.0 Å². The molecule has 0 bridgehead atoms. The molecule has 6 heteroatoms. The number of benzene rings is 1. The summed E-state index contributed by atoms with van der Waals surface area (Å²) in [5, 5.41) is 5.94. The first-order valence-electron chi connectivity index (χ1n) is 11.9. The van der Waals surface area contributed by atoms with E-state index >= 15 is 0 Å². The normalized spacial score (nSPS) is 18.3. The lowest BCUT2D eigenvalue weighted by molar-refractivity contribution is 0.264. The molecule has 2 aliphatic rings. The van der Waals surface area contributed by atoms with Gasteiger partial charge in [-0.3, -0.25) is 0 Å². The highest BCUT2D eigenvalue weighted by atomic mass is 15.1. The van der Waals surface area contributed by atoms with Crippen LogP contribution < -0.4 is 5.32 Å². The van der Waals surface area contributed by atoms with Crippen LogP contribution in [0.3, 0.4) is 0 Å². The van der Waals surface area contributed by atoms with Crippen molar-refractivity contribution in [1.29, 1.82) is 0 Å². The van der Waals surface area contributed by atoms with E-state index in [0.29, 0.717) is 6.04 Å². The Balaban J connectivity index is 1.32. The van der Waals surface area contributed by atoms with Crippen LogP contribution in [-0.4, -0.2) is 51.0 Å². The van der Waals surface area contributed by atoms with Gasteiger partial charge in [-0.1, -0.05) is 25.3 Å². The van der Waals surface area contributed by atoms with Gasteiger partial charge < -0.3 is 15.2 Å². The van der Waals surface area contributed by atoms with Crippen molar-refractivity contribution >= 4 is 27.8 Å². The van der Waals surface area contributed by atoms with Gasteiger partial charge in [0.25, 0.3) is 0 Å². The molecule has 1 saturated carbocycles. The van der Waals surface area contributed by atoms with E-state index in [1.165, 1.54) is 41.5 Å². The van der Waals surface area contributed by atoms with Crippen molar-refractivity contribution in [2.24, 2.45) is 5.92 Å². The van der Waals surface area contributed by atoms with Gasteiger partial charge in [0.15, 0.2) is 0 Å². The van der Waals surface area contributed by atoms with Gasteiger partial charge in [-0.05, 0) is 75.1 Å². The molecule has 2 fully saturated rings. The lowest BCUT2D eigenvalue weighted by Crippen LogP contribution is -2.36. The van der Waals surface area contributed by atoms with Gasteiger partial charge in [-0.15, -0.1) is 0 Å². The Kier molecular flexibility index (Phi) is 5.02. The highest BCUT2D eigenvalue weighted by Crippen LogP contribution is 2.33. The van der Waals surface area contributed by atoms with Gasteiger partial charge in [0.1, 0.15) is 17.8 Å². The molecular formula is C26H30N6. The summed E-state index contributed by atoms with van der Waals surface area (Å²) in [5.74, 6) is 1.76. The largest absolute Gasteiger partial charge is 0.367 e. The Hall–Kier alpha value is -2.99. The van der Waals surface area contributed by atoms with Crippen LogP contribution in [0.4, 0.5) is 5.82 Å².